The van der Waals surface area contributed by atoms with Crippen LogP contribution in [-0.4, -0.2) is 24.4 Å². The fourth-order valence-corrected chi connectivity index (χ4v) is 1.72. The van der Waals surface area contributed by atoms with Crippen LogP contribution in [0.5, 0.6) is 5.75 Å². The molecule has 1 N–H and O–H groups in total. The quantitative estimate of drug-likeness (QED) is 0.857. The molecule has 0 aliphatic carbocycles. The van der Waals surface area contributed by atoms with Gasteiger partial charge in [-0.3, -0.25) is 0 Å². The summed E-state index contributed by atoms with van der Waals surface area (Å²) in [6, 6.07) is 4.52. The zero-order chi connectivity index (χ0) is 11.5. The van der Waals surface area contributed by atoms with E-state index in [2.05, 4.69) is 0 Å². The molecule has 0 bridgehead atoms. The van der Waals surface area contributed by atoms with Gasteiger partial charge < -0.3 is 14.6 Å². The normalized spacial score (nSPS) is 22.1. The second-order valence-electron chi connectivity index (χ2n) is 3.96. The molecule has 16 heavy (non-hydrogen) atoms. The lowest BCUT2D eigenvalue weighted by atomic mass is 10.1. The molecule has 1 aromatic carbocycles. The topological polar surface area (TPSA) is 38.7 Å². The average Bonchev–Trinajstić information content (AvgIpc) is 2.70. The molecule has 1 fully saturated rings. The van der Waals surface area contributed by atoms with E-state index in [0.29, 0.717) is 19.0 Å². The van der Waals surface area contributed by atoms with Crippen LogP contribution in [-0.2, 0) is 4.74 Å². The molecule has 0 radical (unpaired) electrons. The Morgan fingerprint density at radius 3 is 2.94 bits per heavy atom. The molecule has 0 spiro atoms. The third kappa shape index (κ3) is 2.51. The first-order valence-corrected chi connectivity index (χ1v) is 5.38. The molecule has 0 saturated carbocycles. The number of halogens is 1. The van der Waals surface area contributed by atoms with E-state index in [4.69, 9.17) is 9.47 Å². The monoisotopic (exact) mass is 226 g/mol. The summed E-state index contributed by atoms with van der Waals surface area (Å²) in [5.74, 6) is 0.0452. The summed E-state index contributed by atoms with van der Waals surface area (Å²) < 4.78 is 24.2. The van der Waals surface area contributed by atoms with Crippen molar-refractivity contribution in [1.29, 1.82) is 0 Å². The number of aliphatic hydroxyl groups is 1. The fourth-order valence-electron chi connectivity index (χ4n) is 1.72. The number of benzene rings is 1. The van der Waals surface area contributed by atoms with Crippen molar-refractivity contribution in [3.8, 4) is 5.75 Å². The second-order valence-corrected chi connectivity index (χ2v) is 3.96. The lowest BCUT2D eigenvalue weighted by Gasteiger charge is -2.13. The van der Waals surface area contributed by atoms with E-state index >= 15 is 0 Å². The Morgan fingerprint density at radius 2 is 2.38 bits per heavy atom. The first kappa shape index (κ1) is 11.4. The van der Waals surface area contributed by atoms with E-state index in [1.807, 2.05) is 0 Å². The maximum atomic E-state index is 13.5. The van der Waals surface area contributed by atoms with Crippen LogP contribution in [0.3, 0.4) is 0 Å². The van der Waals surface area contributed by atoms with Crippen molar-refractivity contribution in [2.75, 3.05) is 13.2 Å². The predicted octanol–water partition coefficient (Wildman–Crippen LogP) is 2.05. The SMILES string of the molecule is CC(O)c1ccc(OC2CCOC2)cc1F. The Morgan fingerprint density at radius 1 is 1.56 bits per heavy atom. The maximum absolute atomic E-state index is 13.5. The first-order valence-electron chi connectivity index (χ1n) is 5.38. The van der Waals surface area contributed by atoms with E-state index in [-0.39, 0.29) is 11.7 Å². The second kappa shape index (κ2) is 4.80. The van der Waals surface area contributed by atoms with Gasteiger partial charge in [0.1, 0.15) is 17.7 Å². The summed E-state index contributed by atoms with van der Waals surface area (Å²) in [6.45, 7) is 2.78. The Labute approximate surface area is 93.8 Å². The van der Waals surface area contributed by atoms with Crippen molar-refractivity contribution in [1.82, 2.24) is 0 Å². The van der Waals surface area contributed by atoms with Crippen LogP contribution in [0, 0.1) is 5.82 Å². The molecule has 1 aliphatic heterocycles. The molecule has 0 aromatic heterocycles. The van der Waals surface area contributed by atoms with Gasteiger partial charge in [0.2, 0.25) is 0 Å². The summed E-state index contributed by atoms with van der Waals surface area (Å²) >= 11 is 0. The summed E-state index contributed by atoms with van der Waals surface area (Å²) in [6.07, 6.45) is 0.0421. The molecule has 0 amide bonds. The highest BCUT2D eigenvalue weighted by atomic mass is 19.1. The molecule has 88 valence electrons. The number of ether oxygens (including phenoxy) is 2. The lowest BCUT2D eigenvalue weighted by Crippen LogP contribution is -2.15. The minimum Gasteiger partial charge on any atom is -0.488 e. The zero-order valence-electron chi connectivity index (χ0n) is 9.15. The summed E-state index contributed by atoms with van der Waals surface area (Å²) in [5, 5.41) is 9.28. The van der Waals surface area contributed by atoms with Crippen molar-refractivity contribution in [2.45, 2.75) is 25.6 Å². The molecule has 2 atom stereocenters. The Balaban J connectivity index is 2.08. The van der Waals surface area contributed by atoms with Crippen LogP contribution in [0.1, 0.15) is 25.0 Å². The summed E-state index contributed by atoms with van der Waals surface area (Å²) in [5.41, 5.74) is 0.287. The van der Waals surface area contributed by atoms with E-state index in [0.717, 1.165) is 6.42 Å². The van der Waals surface area contributed by atoms with Crippen LogP contribution in [0.15, 0.2) is 18.2 Å². The molecule has 2 rings (SSSR count). The van der Waals surface area contributed by atoms with Crippen LogP contribution in [0.2, 0.25) is 0 Å². The van der Waals surface area contributed by atoms with Gasteiger partial charge in [0.15, 0.2) is 0 Å². The molecule has 2 unspecified atom stereocenters. The van der Waals surface area contributed by atoms with Crippen molar-refractivity contribution in [3.63, 3.8) is 0 Å². The summed E-state index contributed by atoms with van der Waals surface area (Å²) in [4.78, 5) is 0. The predicted molar refractivity (Wildman–Crippen MR) is 56.9 cm³/mol. The first-order chi connectivity index (χ1) is 7.66. The molecular formula is C12H15FO3. The van der Waals surface area contributed by atoms with E-state index in [1.165, 1.54) is 13.0 Å². The molecule has 3 nitrogen and oxygen atoms in total. The Hall–Kier alpha value is -1.13. The molecule has 1 aliphatic rings. The largest absolute Gasteiger partial charge is 0.488 e. The van der Waals surface area contributed by atoms with E-state index in [1.54, 1.807) is 12.1 Å². The maximum Gasteiger partial charge on any atom is 0.132 e. The smallest absolute Gasteiger partial charge is 0.132 e. The molecule has 1 aromatic rings. The third-order valence-electron chi connectivity index (χ3n) is 2.61. The van der Waals surface area contributed by atoms with Crippen molar-refractivity contribution in [3.05, 3.63) is 29.6 Å². The standard InChI is InChI=1S/C12H15FO3/c1-8(14)11-3-2-9(6-12(11)13)16-10-4-5-15-7-10/h2-3,6,8,10,14H,4-5,7H2,1H3. The highest BCUT2D eigenvalue weighted by Crippen LogP contribution is 2.23. The van der Waals surface area contributed by atoms with E-state index < -0.39 is 11.9 Å². The van der Waals surface area contributed by atoms with E-state index in [9.17, 15) is 9.50 Å². The molecule has 1 heterocycles. The Kier molecular flexibility index (Phi) is 3.41. The van der Waals surface area contributed by atoms with Crippen molar-refractivity contribution in [2.24, 2.45) is 0 Å². The minimum atomic E-state index is -0.802. The number of aliphatic hydroxyl groups excluding tert-OH is 1. The van der Waals surface area contributed by atoms with Gasteiger partial charge in [-0.2, -0.15) is 0 Å². The average molecular weight is 226 g/mol. The van der Waals surface area contributed by atoms with Gasteiger partial charge in [-0.15, -0.1) is 0 Å². The Bertz CT molecular complexity index is 359. The van der Waals surface area contributed by atoms with Crippen LogP contribution in [0.4, 0.5) is 4.39 Å². The van der Waals surface area contributed by atoms with Gasteiger partial charge in [0, 0.05) is 18.1 Å². The molecular weight excluding hydrogens is 211 g/mol. The van der Waals surface area contributed by atoms with Gasteiger partial charge >= 0.3 is 0 Å². The van der Waals surface area contributed by atoms with Gasteiger partial charge in [-0.1, -0.05) is 0 Å². The highest BCUT2D eigenvalue weighted by molar-refractivity contribution is 5.30. The third-order valence-corrected chi connectivity index (χ3v) is 2.61. The van der Waals surface area contributed by atoms with Crippen LogP contribution >= 0.6 is 0 Å². The summed E-state index contributed by atoms with van der Waals surface area (Å²) in [7, 11) is 0. The lowest BCUT2D eigenvalue weighted by molar-refractivity contribution is 0.141. The van der Waals surface area contributed by atoms with Gasteiger partial charge in [0.25, 0.3) is 0 Å². The minimum absolute atomic E-state index is 0.0109. The molecule has 4 heteroatoms. The van der Waals surface area contributed by atoms with Crippen molar-refractivity contribution >= 4 is 0 Å². The van der Waals surface area contributed by atoms with Crippen LogP contribution in [0.25, 0.3) is 0 Å². The highest BCUT2D eigenvalue weighted by Gasteiger charge is 2.18. The fraction of sp³-hybridized carbons (Fsp3) is 0.500. The van der Waals surface area contributed by atoms with Crippen molar-refractivity contribution < 1.29 is 19.0 Å². The zero-order valence-corrected chi connectivity index (χ0v) is 9.15. The van der Waals surface area contributed by atoms with Gasteiger partial charge in [-0.25, -0.2) is 4.39 Å². The van der Waals surface area contributed by atoms with Gasteiger partial charge in [0.05, 0.1) is 19.3 Å². The van der Waals surface area contributed by atoms with Gasteiger partial charge in [-0.05, 0) is 19.1 Å². The number of hydrogen-bond donors (Lipinski definition) is 1. The van der Waals surface area contributed by atoms with Crippen LogP contribution < -0.4 is 4.74 Å². The molecule has 1 saturated heterocycles. The number of rotatable bonds is 3. The number of hydrogen-bond acceptors (Lipinski definition) is 3.